The van der Waals surface area contributed by atoms with Crippen molar-refractivity contribution < 1.29 is 22.4 Å². The van der Waals surface area contributed by atoms with Crippen LogP contribution in [-0.2, 0) is 17.6 Å². The molecule has 1 aromatic carbocycles. The van der Waals surface area contributed by atoms with Crippen molar-refractivity contribution in [3.05, 3.63) is 35.1 Å². The molecule has 102 valence electrons. The maximum absolute atomic E-state index is 13.0. The minimum absolute atomic E-state index is 0.0701. The molecule has 0 saturated carbocycles. The Morgan fingerprint density at radius 1 is 1.17 bits per heavy atom. The molecule has 2 nitrogen and oxygen atoms in total. The van der Waals surface area contributed by atoms with Gasteiger partial charge >= 0.3 is 6.18 Å². The predicted octanol–water partition coefficient (Wildman–Crippen LogP) is 3.66. The van der Waals surface area contributed by atoms with Crippen LogP contribution in [0.5, 0.6) is 0 Å². The van der Waals surface area contributed by atoms with E-state index in [1.807, 2.05) is 0 Å². The average molecular weight is 265 g/mol. The standard InChI is InChI=1S/C12H15F4NO/c1-11(2,3)18-17-7-8-4-5-10(13)9(6-8)12(14,15)16/h4-6,17H,7H2,1-3H3. The normalized spacial score (nSPS) is 12.8. The van der Waals surface area contributed by atoms with Gasteiger partial charge in [-0.25, -0.2) is 4.39 Å². The van der Waals surface area contributed by atoms with Crippen LogP contribution in [0.3, 0.4) is 0 Å². The summed E-state index contributed by atoms with van der Waals surface area (Å²) in [4.78, 5) is 5.16. The van der Waals surface area contributed by atoms with Gasteiger partial charge in [-0.2, -0.15) is 18.7 Å². The number of halogens is 4. The fraction of sp³-hybridized carbons (Fsp3) is 0.500. The van der Waals surface area contributed by atoms with Gasteiger partial charge in [-0.05, 0) is 38.5 Å². The Morgan fingerprint density at radius 3 is 2.28 bits per heavy atom. The number of hydroxylamine groups is 1. The topological polar surface area (TPSA) is 21.3 Å². The second-order valence-electron chi connectivity index (χ2n) is 4.85. The van der Waals surface area contributed by atoms with E-state index in [0.29, 0.717) is 5.56 Å². The smallest absolute Gasteiger partial charge is 0.296 e. The molecule has 1 N–H and O–H groups in total. The van der Waals surface area contributed by atoms with E-state index >= 15 is 0 Å². The lowest BCUT2D eigenvalue weighted by Gasteiger charge is -2.19. The molecule has 1 rings (SSSR count). The summed E-state index contributed by atoms with van der Waals surface area (Å²) in [7, 11) is 0. The first-order chi connectivity index (χ1) is 8.09. The third-order valence-electron chi connectivity index (χ3n) is 1.99. The summed E-state index contributed by atoms with van der Waals surface area (Å²) in [6.07, 6.45) is -4.69. The Labute approximate surface area is 103 Å². The molecule has 18 heavy (non-hydrogen) atoms. The van der Waals surface area contributed by atoms with E-state index in [1.165, 1.54) is 6.07 Å². The van der Waals surface area contributed by atoms with Crippen LogP contribution in [-0.4, -0.2) is 5.60 Å². The summed E-state index contributed by atoms with van der Waals surface area (Å²) >= 11 is 0. The molecule has 0 heterocycles. The lowest BCUT2D eigenvalue weighted by Crippen LogP contribution is -2.28. The molecule has 0 aliphatic carbocycles. The molecular weight excluding hydrogens is 250 g/mol. The molecule has 0 aliphatic rings. The average Bonchev–Trinajstić information content (AvgIpc) is 2.17. The van der Waals surface area contributed by atoms with E-state index in [0.717, 1.165) is 12.1 Å². The molecule has 0 spiro atoms. The molecule has 0 radical (unpaired) electrons. The van der Waals surface area contributed by atoms with Gasteiger partial charge in [0.1, 0.15) is 5.82 Å². The van der Waals surface area contributed by atoms with Crippen molar-refractivity contribution in [2.24, 2.45) is 0 Å². The zero-order valence-corrected chi connectivity index (χ0v) is 10.4. The molecule has 0 aliphatic heterocycles. The van der Waals surface area contributed by atoms with Gasteiger partial charge in [0, 0.05) is 6.54 Å². The lowest BCUT2D eigenvalue weighted by atomic mass is 10.1. The molecular formula is C12H15F4NO. The fourth-order valence-electron chi connectivity index (χ4n) is 1.24. The van der Waals surface area contributed by atoms with Gasteiger partial charge in [0.2, 0.25) is 0 Å². The van der Waals surface area contributed by atoms with E-state index in [1.54, 1.807) is 20.8 Å². The van der Waals surface area contributed by atoms with Gasteiger partial charge in [-0.15, -0.1) is 0 Å². The second-order valence-corrected chi connectivity index (χ2v) is 4.85. The summed E-state index contributed by atoms with van der Waals surface area (Å²) < 4.78 is 50.4. The summed E-state index contributed by atoms with van der Waals surface area (Å²) in [5.74, 6) is -1.28. The van der Waals surface area contributed by atoms with Gasteiger partial charge in [0.15, 0.2) is 0 Å². The number of benzene rings is 1. The molecule has 0 unspecified atom stereocenters. The van der Waals surface area contributed by atoms with E-state index in [2.05, 4.69) is 5.48 Å². The van der Waals surface area contributed by atoms with Gasteiger partial charge < -0.3 is 0 Å². The molecule has 0 aromatic heterocycles. The van der Waals surface area contributed by atoms with Crippen molar-refractivity contribution in [1.29, 1.82) is 0 Å². The Hall–Kier alpha value is -1.14. The molecule has 0 atom stereocenters. The zero-order chi connectivity index (χ0) is 14.0. The predicted molar refractivity (Wildman–Crippen MR) is 59.1 cm³/mol. The second kappa shape index (κ2) is 5.24. The van der Waals surface area contributed by atoms with Crippen molar-refractivity contribution in [2.45, 2.75) is 39.1 Å². The van der Waals surface area contributed by atoms with E-state index in [4.69, 9.17) is 4.84 Å². The zero-order valence-electron chi connectivity index (χ0n) is 10.4. The molecule has 1 aromatic rings. The molecule has 0 bridgehead atoms. The molecule has 0 amide bonds. The van der Waals surface area contributed by atoms with Gasteiger partial charge in [-0.3, -0.25) is 4.84 Å². The van der Waals surface area contributed by atoms with Crippen LogP contribution in [0.2, 0.25) is 0 Å². The van der Waals surface area contributed by atoms with Crippen molar-refractivity contribution in [1.82, 2.24) is 5.48 Å². The maximum Gasteiger partial charge on any atom is 0.419 e. The van der Waals surface area contributed by atoms with Crippen molar-refractivity contribution in [3.63, 3.8) is 0 Å². The summed E-state index contributed by atoms with van der Waals surface area (Å²) in [5, 5.41) is 0. The minimum Gasteiger partial charge on any atom is -0.296 e. The summed E-state index contributed by atoms with van der Waals surface area (Å²) in [6.45, 7) is 5.46. The monoisotopic (exact) mass is 265 g/mol. The lowest BCUT2D eigenvalue weighted by molar-refractivity contribution is -0.140. The van der Waals surface area contributed by atoms with Gasteiger partial charge in [0.25, 0.3) is 0 Å². The van der Waals surface area contributed by atoms with Crippen LogP contribution in [0.4, 0.5) is 17.6 Å². The van der Waals surface area contributed by atoms with Crippen molar-refractivity contribution >= 4 is 0 Å². The number of hydrogen-bond donors (Lipinski definition) is 1. The highest BCUT2D eigenvalue weighted by Gasteiger charge is 2.34. The number of nitrogens with one attached hydrogen (secondary N) is 1. The van der Waals surface area contributed by atoms with Crippen LogP contribution in [0.15, 0.2) is 18.2 Å². The van der Waals surface area contributed by atoms with Crippen LogP contribution in [0.1, 0.15) is 31.9 Å². The third kappa shape index (κ3) is 4.62. The Morgan fingerprint density at radius 2 is 1.78 bits per heavy atom. The van der Waals surface area contributed by atoms with Crippen molar-refractivity contribution in [3.8, 4) is 0 Å². The summed E-state index contributed by atoms with van der Waals surface area (Å²) in [6, 6.07) is 2.86. The van der Waals surface area contributed by atoms with Crippen LogP contribution >= 0.6 is 0 Å². The van der Waals surface area contributed by atoms with Crippen LogP contribution in [0, 0.1) is 5.82 Å². The highest BCUT2D eigenvalue weighted by atomic mass is 19.4. The highest BCUT2D eigenvalue weighted by Crippen LogP contribution is 2.31. The highest BCUT2D eigenvalue weighted by molar-refractivity contribution is 5.27. The van der Waals surface area contributed by atoms with Gasteiger partial charge in [-0.1, -0.05) is 6.07 Å². The Kier molecular flexibility index (Phi) is 4.34. The Bertz CT molecular complexity index is 410. The molecule has 0 saturated heterocycles. The first kappa shape index (κ1) is 14.9. The van der Waals surface area contributed by atoms with Crippen LogP contribution in [0.25, 0.3) is 0 Å². The first-order valence-electron chi connectivity index (χ1n) is 5.36. The largest absolute Gasteiger partial charge is 0.419 e. The summed E-state index contributed by atoms with van der Waals surface area (Å²) in [5.41, 5.74) is 1.13. The molecule has 6 heteroatoms. The fourth-order valence-corrected chi connectivity index (χ4v) is 1.24. The Balaban J connectivity index is 2.74. The van der Waals surface area contributed by atoms with Crippen LogP contribution < -0.4 is 5.48 Å². The number of alkyl halides is 3. The van der Waals surface area contributed by atoms with E-state index in [-0.39, 0.29) is 6.54 Å². The minimum atomic E-state index is -4.69. The maximum atomic E-state index is 13.0. The SMILES string of the molecule is CC(C)(C)ONCc1ccc(F)c(C(F)(F)F)c1. The van der Waals surface area contributed by atoms with Gasteiger partial charge in [0.05, 0.1) is 11.2 Å². The number of rotatable bonds is 3. The quantitative estimate of drug-likeness (QED) is 0.665. The first-order valence-corrected chi connectivity index (χ1v) is 5.36. The third-order valence-corrected chi connectivity index (χ3v) is 1.99. The van der Waals surface area contributed by atoms with E-state index in [9.17, 15) is 17.6 Å². The number of hydrogen-bond acceptors (Lipinski definition) is 2. The van der Waals surface area contributed by atoms with Crippen molar-refractivity contribution in [2.75, 3.05) is 0 Å². The van der Waals surface area contributed by atoms with E-state index < -0.39 is 23.2 Å². The molecule has 0 fully saturated rings.